The van der Waals surface area contributed by atoms with Gasteiger partial charge in [0.25, 0.3) is 0 Å². The number of carbonyl (C=O) groups excluding carboxylic acids is 1. The lowest BCUT2D eigenvalue weighted by molar-refractivity contribution is -0.121. The highest BCUT2D eigenvalue weighted by Gasteiger charge is 2.23. The Bertz CT molecular complexity index is 751. The highest BCUT2D eigenvalue weighted by atomic mass is 32.2. The summed E-state index contributed by atoms with van der Waals surface area (Å²) < 4.78 is 23.7. The monoisotopic (exact) mass is 337 g/mol. The SMILES string of the molecule is C[C@H](Cc1cccs1)C(=O)N(C)c1ccccc1S(C)(=O)=O. The van der Waals surface area contributed by atoms with E-state index in [1.807, 2.05) is 24.4 Å². The van der Waals surface area contributed by atoms with Gasteiger partial charge < -0.3 is 4.90 Å². The van der Waals surface area contributed by atoms with E-state index in [9.17, 15) is 13.2 Å². The smallest absolute Gasteiger partial charge is 0.229 e. The van der Waals surface area contributed by atoms with Gasteiger partial charge in [0.2, 0.25) is 5.91 Å². The zero-order chi connectivity index (χ0) is 16.3. The van der Waals surface area contributed by atoms with E-state index in [4.69, 9.17) is 0 Å². The maximum absolute atomic E-state index is 12.6. The summed E-state index contributed by atoms with van der Waals surface area (Å²) in [5, 5.41) is 1.98. The third-order valence-electron chi connectivity index (χ3n) is 3.47. The molecule has 2 aromatic rings. The van der Waals surface area contributed by atoms with E-state index in [0.29, 0.717) is 12.1 Å². The third-order valence-corrected chi connectivity index (χ3v) is 5.51. The highest BCUT2D eigenvalue weighted by Crippen LogP contribution is 2.26. The number of hydrogen-bond donors (Lipinski definition) is 0. The maximum Gasteiger partial charge on any atom is 0.229 e. The quantitative estimate of drug-likeness (QED) is 0.843. The van der Waals surface area contributed by atoms with Crippen LogP contribution in [0, 0.1) is 5.92 Å². The van der Waals surface area contributed by atoms with E-state index in [2.05, 4.69) is 0 Å². The van der Waals surface area contributed by atoms with E-state index in [-0.39, 0.29) is 16.7 Å². The summed E-state index contributed by atoms with van der Waals surface area (Å²) in [5.74, 6) is -0.305. The van der Waals surface area contributed by atoms with Gasteiger partial charge in [-0.05, 0) is 30.0 Å². The molecule has 22 heavy (non-hydrogen) atoms. The molecule has 1 amide bonds. The number of anilines is 1. The Morgan fingerprint density at radius 3 is 2.50 bits per heavy atom. The van der Waals surface area contributed by atoms with Crippen molar-refractivity contribution < 1.29 is 13.2 Å². The molecule has 0 aliphatic carbocycles. The Balaban J connectivity index is 2.24. The molecular formula is C16H19NO3S2. The zero-order valence-corrected chi connectivity index (χ0v) is 14.4. The standard InChI is InChI=1S/C16H19NO3S2/c1-12(11-13-7-6-10-21-13)16(18)17(2)14-8-4-5-9-15(14)22(3,19)20/h4-10,12H,11H2,1-3H3/t12-/m1/s1. The number of rotatable bonds is 5. The van der Waals surface area contributed by atoms with E-state index in [1.165, 1.54) is 11.0 Å². The van der Waals surface area contributed by atoms with Gasteiger partial charge in [0, 0.05) is 24.1 Å². The molecule has 0 spiro atoms. The molecule has 0 saturated heterocycles. The first-order valence-electron chi connectivity index (χ1n) is 6.89. The predicted molar refractivity (Wildman–Crippen MR) is 90.1 cm³/mol. The van der Waals surface area contributed by atoms with E-state index in [1.54, 1.807) is 36.6 Å². The summed E-state index contributed by atoms with van der Waals surface area (Å²) >= 11 is 1.62. The van der Waals surface area contributed by atoms with Crippen LogP contribution in [0.3, 0.4) is 0 Å². The molecule has 0 bridgehead atoms. The first kappa shape index (κ1) is 16.7. The van der Waals surface area contributed by atoms with Crippen LogP contribution in [0.4, 0.5) is 5.69 Å². The molecule has 0 aliphatic heterocycles. The normalized spacial score (nSPS) is 12.9. The van der Waals surface area contributed by atoms with Crippen LogP contribution >= 0.6 is 11.3 Å². The van der Waals surface area contributed by atoms with Crippen molar-refractivity contribution in [3.63, 3.8) is 0 Å². The zero-order valence-electron chi connectivity index (χ0n) is 12.8. The van der Waals surface area contributed by atoms with Crippen molar-refractivity contribution in [3.8, 4) is 0 Å². The molecule has 0 unspecified atom stereocenters. The Morgan fingerprint density at radius 2 is 1.91 bits per heavy atom. The number of hydrogen-bond acceptors (Lipinski definition) is 4. The van der Waals surface area contributed by atoms with Crippen LogP contribution in [0.25, 0.3) is 0 Å². The van der Waals surface area contributed by atoms with Crippen LogP contribution in [0.1, 0.15) is 11.8 Å². The fraction of sp³-hybridized carbons (Fsp3) is 0.312. The Hall–Kier alpha value is -1.66. The van der Waals surface area contributed by atoms with Gasteiger partial charge >= 0.3 is 0 Å². The second-order valence-corrected chi connectivity index (χ2v) is 8.34. The van der Waals surface area contributed by atoms with E-state index < -0.39 is 9.84 Å². The van der Waals surface area contributed by atoms with Crippen molar-refractivity contribution in [3.05, 3.63) is 46.7 Å². The lowest BCUT2D eigenvalue weighted by Gasteiger charge is -2.23. The van der Waals surface area contributed by atoms with E-state index >= 15 is 0 Å². The molecule has 0 saturated carbocycles. The Labute approximate surface area is 135 Å². The lowest BCUT2D eigenvalue weighted by atomic mass is 10.1. The first-order chi connectivity index (χ1) is 10.3. The van der Waals surface area contributed by atoms with Crippen LogP contribution in [-0.4, -0.2) is 27.6 Å². The van der Waals surface area contributed by atoms with Crippen molar-refractivity contribution in [2.75, 3.05) is 18.2 Å². The highest BCUT2D eigenvalue weighted by molar-refractivity contribution is 7.90. The largest absolute Gasteiger partial charge is 0.314 e. The molecule has 6 heteroatoms. The topological polar surface area (TPSA) is 54.5 Å². The second-order valence-electron chi connectivity index (χ2n) is 5.32. The summed E-state index contributed by atoms with van der Waals surface area (Å²) in [4.78, 5) is 15.3. The van der Waals surface area contributed by atoms with Gasteiger partial charge in [-0.25, -0.2) is 8.42 Å². The van der Waals surface area contributed by atoms with Gasteiger partial charge in [0.05, 0.1) is 10.6 Å². The summed E-state index contributed by atoms with van der Waals surface area (Å²) in [6.45, 7) is 1.86. The molecular weight excluding hydrogens is 318 g/mol. The predicted octanol–water partition coefficient (Wildman–Crippen LogP) is 2.99. The summed E-state index contributed by atoms with van der Waals surface area (Å²) in [6.07, 6.45) is 1.81. The number of carbonyl (C=O) groups is 1. The van der Waals surface area contributed by atoms with Gasteiger partial charge in [0.15, 0.2) is 9.84 Å². The molecule has 2 rings (SSSR count). The van der Waals surface area contributed by atoms with Crippen molar-refractivity contribution in [2.45, 2.75) is 18.2 Å². The number of sulfone groups is 1. The van der Waals surface area contributed by atoms with Crippen molar-refractivity contribution in [2.24, 2.45) is 5.92 Å². The summed E-state index contributed by atoms with van der Waals surface area (Å²) in [7, 11) is -1.76. The van der Waals surface area contributed by atoms with Gasteiger partial charge in [0.1, 0.15) is 0 Å². The molecule has 4 nitrogen and oxygen atoms in total. The minimum atomic E-state index is -3.38. The first-order valence-corrected chi connectivity index (χ1v) is 9.67. The van der Waals surface area contributed by atoms with Gasteiger partial charge in [-0.15, -0.1) is 11.3 Å². The fourth-order valence-electron chi connectivity index (χ4n) is 2.31. The second kappa shape index (κ2) is 6.62. The lowest BCUT2D eigenvalue weighted by Crippen LogP contribution is -2.33. The Morgan fingerprint density at radius 1 is 1.23 bits per heavy atom. The number of nitrogens with zero attached hydrogens (tertiary/aromatic N) is 1. The molecule has 0 radical (unpaired) electrons. The van der Waals surface area contributed by atoms with Crippen molar-refractivity contribution in [1.29, 1.82) is 0 Å². The van der Waals surface area contributed by atoms with Crippen molar-refractivity contribution in [1.82, 2.24) is 0 Å². The minimum absolute atomic E-state index is 0.0931. The average molecular weight is 337 g/mol. The number of para-hydroxylation sites is 1. The van der Waals surface area contributed by atoms with Crippen LogP contribution in [-0.2, 0) is 21.1 Å². The van der Waals surface area contributed by atoms with Crippen LogP contribution in [0.15, 0.2) is 46.7 Å². The fourth-order valence-corrected chi connectivity index (χ4v) is 4.06. The summed E-state index contributed by atoms with van der Waals surface area (Å²) in [6, 6.07) is 10.5. The third kappa shape index (κ3) is 3.75. The number of benzene rings is 1. The molecule has 1 aromatic heterocycles. The average Bonchev–Trinajstić information content (AvgIpc) is 2.97. The van der Waals surface area contributed by atoms with E-state index in [0.717, 1.165) is 11.1 Å². The molecule has 118 valence electrons. The minimum Gasteiger partial charge on any atom is -0.314 e. The van der Waals surface area contributed by atoms with Crippen molar-refractivity contribution >= 4 is 32.8 Å². The number of thiophene rings is 1. The molecule has 0 N–H and O–H groups in total. The van der Waals surface area contributed by atoms with Gasteiger partial charge in [-0.2, -0.15) is 0 Å². The molecule has 1 atom stereocenters. The summed E-state index contributed by atoms with van der Waals surface area (Å²) in [5.41, 5.74) is 0.424. The van der Waals surface area contributed by atoms with Crippen LogP contribution in [0.2, 0.25) is 0 Å². The Kier molecular flexibility index (Phi) is 5.03. The van der Waals surface area contributed by atoms with Crippen LogP contribution < -0.4 is 4.90 Å². The van der Waals surface area contributed by atoms with Gasteiger partial charge in [-0.1, -0.05) is 25.1 Å². The molecule has 1 heterocycles. The molecule has 0 fully saturated rings. The van der Waals surface area contributed by atoms with Gasteiger partial charge in [-0.3, -0.25) is 4.79 Å². The number of amides is 1. The van der Waals surface area contributed by atoms with Crippen LogP contribution in [0.5, 0.6) is 0 Å². The molecule has 0 aliphatic rings. The maximum atomic E-state index is 12.6. The molecule has 1 aromatic carbocycles.